The van der Waals surface area contributed by atoms with Gasteiger partial charge in [-0.3, -0.25) is 4.79 Å². The first-order chi connectivity index (χ1) is 9.60. The Kier molecular flexibility index (Phi) is 4.99. The second-order valence-corrected chi connectivity index (χ2v) is 5.99. The zero-order valence-corrected chi connectivity index (χ0v) is 12.7. The van der Waals surface area contributed by atoms with E-state index < -0.39 is 0 Å². The molecule has 4 heteroatoms. The molecule has 0 aromatic carbocycles. The lowest BCUT2D eigenvalue weighted by atomic mass is 9.92. The van der Waals surface area contributed by atoms with Gasteiger partial charge in [0.15, 0.2) is 0 Å². The van der Waals surface area contributed by atoms with Crippen molar-refractivity contribution in [2.75, 3.05) is 25.0 Å². The molecule has 0 saturated carbocycles. The van der Waals surface area contributed by atoms with Crippen LogP contribution in [0.5, 0.6) is 0 Å². The van der Waals surface area contributed by atoms with Gasteiger partial charge >= 0.3 is 0 Å². The number of pyridine rings is 1. The van der Waals surface area contributed by atoms with Crippen molar-refractivity contribution in [1.29, 1.82) is 0 Å². The van der Waals surface area contributed by atoms with Crippen molar-refractivity contribution >= 4 is 11.7 Å². The van der Waals surface area contributed by atoms with Crippen molar-refractivity contribution in [2.45, 2.75) is 33.6 Å². The molecule has 1 amide bonds. The predicted octanol–water partition coefficient (Wildman–Crippen LogP) is 3.02. The number of amides is 1. The summed E-state index contributed by atoms with van der Waals surface area (Å²) in [4.78, 5) is 18.9. The van der Waals surface area contributed by atoms with Crippen LogP contribution < -0.4 is 5.32 Å². The Morgan fingerprint density at radius 3 is 2.70 bits per heavy atom. The first-order valence-corrected chi connectivity index (χ1v) is 7.60. The Bertz CT molecular complexity index is 451. The van der Waals surface area contributed by atoms with Crippen LogP contribution in [0.1, 0.15) is 44.1 Å². The van der Waals surface area contributed by atoms with Gasteiger partial charge in [-0.05, 0) is 36.8 Å². The summed E-state index contributed by atoms with van der Waals surface area (Å²) in [5.74, 6) is 1.99. The standard InChI is InChI=1S/C16H25N3O/c1-4-8-17-15-7-5-6-14(18-15)16(20)19-10-12(2)9-13(3)11-19/h5-7,12-13H,4,8-11H2,1-3H3,(H,17,18). The Balaban J connectivity index is 2.08. The van der Waals surface area contributed by atoms with E-state index in [9.17, 15) is 4.79 Å². The molecule has 1 aliphatic rings. The number of likely N-dealkylation sites (tertiary alicyclic amines) is 1. The summed E-state index contributed by atoms with van der Waals surface area (Å²) in [6, 6.07) is 5.62. The van der Waals surface area contributed by atoms with E-state index in [0.29, 0.717) is 17.5 Å². The zero-order valence-electron chi connectivity index (χ0n) is 12.7. The maximum Gasteiger partial charge on any atom is 0.272 e. The van der Waals surface area contributed by atoms with Crippen LogP contribution in [-0.4, -0.2) is 35.4 Å². The van der Waals surface area contributed by atoms with E-state index in [0.717, 1.165) is 31.9 Å². The van der Waals surface area contributed by atoms with Crippen molar-refractivity contribution in [3.05, 3.63) is 23.9 Å². The summed E-state index contributed by atoms with van der Waals surface area (Å²) in [6.45, 7) is 9.10. The SMILES string of the molecule is CCCNc1cccc(C(=O)N2CC(C)CC(C)C2)n1. The van der Waals surface area contributed by atoms with Crippen molar-refractivity contribution in [2.24, 2.45) is 11.8 Å². The monoisotopic (exact) mass is 275 g/mol. The fraction of sp³-hybridized carbons (Fsp3) is 0.625. The minimum Gasteiger partial charge on any atom is -0.370 e. The fourth-order valence-corrected chi connectivity index (χ4v) is 2.90. The average molecular weight is 275 g/mol. The lowest BCUT2D eigenvalue weighted by Crippen LogP contribution is -2.42. The highest BCUT2D eigenvalue weighted by Gasteiger charge is 2.26. The maximum absolute atomic E-state index is 12.6. The van der Waals surface area contributed by atoms with Crippen molar-refractivity contribution in [1.82, 2.24) is 9.88 Å². The maximum atomic E-state index is 12.6. The molecule has 1 aromatic rings. The summed E-state index contributed by atoms with van der Waals surface area (Å²) >= 11 is 0. The number of anilines is 1. The van der Waals surface area contributed by atoms with E-state index >= 15 is 0 Å². The molecule has 2 heterocycles. The third-order valence-corrected chi connectivity index (χ3v) is 3.68. The van der Waals surface area contributed by atoms with Gasteiger partial charge in [-0.2, -0.15) is 0 Å². The van der Waals surface area contributed by atoms with E-state index in [2.05, 4.69) is 31.1 Å². The van der Waals surface area contributed by atoms with Crippen molar-refractivity contribution in [3.8, 4) is 0 Å². The lowest BCUT2D eigenvalue weighted by Gasteiger charge is -2.34. The van der Waals surface area contributed by atoms with Crippen LogP contribution >= 0.6 is 0 Å². The molecular formula is C16H25N3O. The zero-order chi connectivity index (χ0) is 14.5. The number of carbonyl (C=O) groups excluding carboxylic acids is 1. The minimum absolute atomic E-state index is 0.0588. The van der Waals surface area contributed by atoms with Gasteiger partial charge in [0.05, 0.1) is 0 Å². The molecule has 4 nitrogen and oxygen atoms in total. The van der Waals surface area contributed by atoms with Gasteiger partial charge in [-0.25, -0.2) is 4.98 Å². The number of carbonyl (C=O) groups is 1. The van der Waals surface area contributed by atoms with E-state index in [4.69, 9.17) is 0 Å². The molecule has 2 rings (SSSR count). The molecule has 110 valence electrons. The summed E-state index contributed by atoms with van der Waals surface area (Å²) in [6.07, 6.45) is 2.25. The largest absolute Gasteiger partial charge is 0.370 e. The second kappa shape index (κ2) is 6.73. The third-order valence-electron chi connectivity index (χ3n) is 3.68. The average Bonchev–Trinajstić information content (AvgIpc) is 2.43. The molecule has 1 aromatic heterocycles. The van der Waals surface area contributed by atoms with Gasteiger partial charge in [0, 0.05) is 19.6 Å². The van der Waals surface area contributed by atoms with Gasteiger partial charge in [0.1, 0.15) is 11.5 Å². The molecule has 20 heavy (non-hydrogen) atoms. The predicted molar refractivity (Wildman–Crippen MR) is 81.9 cm³/mol. The van der Waals surface area contributed by atoms with E-state index in [1.54, 1.807) is 0 Å². The first-order valence-electron chi connectivity index (χ1n) is 7.60. The number of nitrogens with zero attached hydrogens (tertiary/aromatic N) is 2. The Morgan fingerprint density at radius 1 is 1.35 bits per heavy atom. The van der Waals surface area contributed by atoms with Crippen LogP contribution in [0.25, 0.3) is 0 Å². The quantitative estimate of drug-likeness (QED) is 0.918. The van der Waals surface area contributed by atoms with Gasteiger partial charge in [0.2, 0.25) is 0 Å². The molecule has 0 spiro atoms. The molecule has 1 N–H and O–H groups in total. The molecule has 1 fully saturated rings. The Hall–Kier alpha value is -1.58. The Labute approximate surface area is 121 Å². The topological polar surface area (TPSA) is 45.2 Å². The van der Waals surface area contributed by atoms with E-state index in [1.807, 2.05) is 23.1 Å². The van der Waals surface area contributed by atoms with Crippen LogP contribution in [0.2, 0.25) is 0 Å². The molecule has 0 radical (unpaired) electrons. The number of rotatable bonds is 4. The summed E-state index contributed by atoms with van der Waals surface area (Å²) < 4.78 is 0. The molecule has 0 aliphatic carbocycles. The highest BCUT2D eigenvalue weighted by Crippen LogP contribution is 2.22. The van der Waals surface area contributed by atoms with Crippen molar-refractivity contribution < 1.29 is 4.79 Å². The summed E-state index contributed by atoms with van der Waals surface area (Å²) in [7, 11) is 0. The molecule has 1 saturated heterocycles. The molecular weight excluding hydrogens is 250 g/mol. The second-order valence-electron chi connectivity index (χ2n) is 5.99. The number of piperidine rings is 1. The van der Waals surface area contributed by atoms with Crippen LogP contribution in [0.3, 0.4) is 0 Å². The van der Waals surface area contributed by atoms with Crippen LogP contribution in [0, 0.1) is 11.8 Å². The molecule has 2 atom stereocenters. The number of hydrogen-bond acceptors (Lipinski definition) is 3. The van der Waals surface area contributed by atoms with Gasteiger partial charge in [-0.1, -0.05) is 26.8 Å². The van der Waals surface area contributed by atoms with E-state index in [-0.39, 0.29) is 5.91 Å². The lowest BCUT2D eigenvalue weighted by molar-refractivity contribution is 0.0617. The fourth-order valence-electron chi connectivity index (χ4n) is 2.90. The number of nitrogens with one attached hydrogen (secondary N) is 1. The highest BCUT2D eigenvalue weighted by molar-refractivity contribution is 5.92. The third kappa shape index (κ3) is 3.71. The minimum atomic E-state index is 0.0588. The van der Waals surface area contributed by atoms with Crippen LogP contribution in [0.15, 0.2) is 18.2 Å². The van der Waals surface area contributed by atoms with Gasteiger partial charge < -0.3 is 10.2 Å². The normalized spacial score (nSPS) is 22.6. The smallest absolute Gasteiger partial charge is 0.272 e. The summed E-state index contributed by atoms with van der Waals surface area (Å²) in [5.41, 5.74) is 0.549. The van der Waals surface area contributed by atoms with Crippen LogP contribution in [-0.2, 0) is 0 Å². The van der Waals surface area contributed by atoms with Crippen molar-refractivity contribution in [3.63, 3.8) is 0 Å². The first kappa shape index (κ1) is 14.8. The highest BCUT2D eigenvalue weighted by atomic mass is 16.2. The van der Waals surface area contributed by atoms with E-state index in [1.165, 1.54) is 6.42 Å². The molecule has 0 bridgehead atoms. The van der Waals surface area contributed by atoms with Gasteiger partial charge in [-0.15, -0.1) is 0 Å². The van der Waals surface area contributed by atoms with Crippen LogP contribution in [0.4, 0.5) is 5.82 Å². The molecule has 1 aliphatic heterocycles. The summed E-state index contributed by atoms with van der Waals surface area (Å²) in [5, 5.41) is 3.23. The number of hydrogen-bond donors (Lipinski definition) is 1. The Morgan fingerprint density at radius 2 is 2.05 bits per heavy atom. The van der Waals surface area contributed by atoms with Gasteiger partial charge in [0.25, 0.3) is 5.91 Å². The number of aromatic nitrogens is 1. The molecule has 2 unspecified atom stereocenters.